The standard InChI is InChI=1S/C32H35NO10/c1-35-23-7-16(8-24(36-2)30(23)39-5)13-33-29-19-12-22-21(42-15-43-22)11-18(19)27(28-20(29)14-41-32(28)34)17-9-25(37-3)31(40-6)26(10-17)38-4/h7-12,20,27-29,33H,13-15H2,1-6H3/t20?,27-,28+,29+/m1/s1. The molecule has 43 heavy (non-hydrogen) atoms. The predicted octanol–water partition coefficient (Wildman–Crippen LogP) is 4.23. The van der Waals surface area contributed by atoms with Crippen molar-refractivity contribution in [2.45, 2.75) is 18.5 Å². The number of esters is 1. The molecule has 2 heterocycles. The maximum Gasteiger partial charge on any atom is 0.310 e. The highest BCUT2D eigenvalue weighted by Gasteiger charge is 2.52. The second-order valence-electron chi connectivity index (χ2n) is 10.5. The van der Waals surface area contributed by atoms with Crippen molar-refractivity contribution < 1.29 is 47.4 Å². The molecule has 0 amide bonds. The molecule has 2 aliphatic heterocycles. The Kier molecular flexibility index (Phi) is 7.74. The van der Waals surface area contributed by atoms with Crippen LogP contribution in [0.1, 0.15) is 34.2 Å². The van der Waals surface area contributed by atoms with Gasteiger partial charge in [0.05, 0.1) is 55.2 Å². The van der Waals surface area contributed by atoms with Crippen LogP contribution >= 0.6 is 0 Å². The molecular weight excluding hydrogens is 558 g/mol. The van der Waals surface area contributed by atoms with Crippen molar-refractivity contribution in [3.63, 3.8) is 0 Å². The number of nitrogens with one attached hydrogen (secondary N) is 1. The monoisotopic (exact) mass is 593 g/mol. The first-order valence-corrected chi connectivity index (χ1v) is 13.9. The molecule has 3 aromatic carbocycles. The third-order valence-corrected chi connectivity index (χ3v) is 8.48. The van der Waals surface area contributed by atoms with Crippen molar-refractivity contribution in [2.24, 2.45) is 11.8 Å². The fraction of sp³-hybridized carbons (Fsp3) is 0.406. The Balaban J connectivity index is 1.46. The zero-order chi connectivity index (χ0) is 30.2. The van der Waals surface area contributed by atoms with Crippen LogP contribution in [-0.4, -0.2) is 62.0 Å². The van der Waals surface area contributed by atoms with Gasteiger partial charge in [0, 0.05) is 24.4 Å². The summed E-state index contributed by atoms with van der Waals surface area (Å²) in [7, 11) is 9.45. The number of methoxy groups -OCH3 is 6. The molecule has 1 saturated heterocycles. The number of hydrogen-bond donors (Lipinski definition) is 1. The molecule has 3 aliphatic rings. The molecule has 1 fully saturated rings. The lowest BCUT2D eigenvalue weighted by Gasteiger charge is -2.39. The van der Waals surface area contributed by atoms with E-state index in [1.807, 2.05) is 36.4 Å². The van der Waals surface area contributed by atoms with Gasteiger partial charge in [-0.05, 0) is 58.7 Å². The van der Waals surface area contributed by atoms with Gasteiger partial charge >= 0.3 is 5.97 Å². The van der Waals surface area contributed by atoms with E-state index in [-0.39, 0.29) is 37.2 Å². The average Bonchev–Trinajstić information content (AvgIpc) is 3.66. The van der Waals surface area contributed by atoms with Crippen LogP contribution in [0.5, 0.6) is 46.0 Å². The molecule has 11 nitrogen and oxygen atoms in total. The fourth-order valence-electron chi connectivity index (χ4n) is 6.57. The molecule has 3 aromatic rings. The van der Waals surface area contributed by atoms with Crippen LogP contribution in [0.25, 0.3) is 0 Å². The number of carbonyl (C=O) groups is 1. The van der Waals surface area contributed by atoms with E-state index in [4.69, 9.17) is 42.6 Å². The Morgan fingerprint density at radius 3 is 1.77 bits per heavy atom. The van der Waals surface area contributed by atoms with Gasteiger partial charge in [-0.2, -0.15) is 0 Å². The van der Waals surface area contributed by atoms with Crippen molar-refractivity contribution in [2.75, 3.05) is 56.1 Å². The van der Waals surface area contributed by atoms with Gasteiger partial charge in [-0.3, -0.25) is 4.79 Å². The zero-order valence-corrected chi connectivity index (χ0v) is 25.0. The molecule has 4 atom stereocenters. The van der Waals surface area contributed by atoms with E-state index >= 15 is 0 Å². The van der Waals surface area contributed by atoms with Crippen LogP contribution in [0.2, 0.25) is 0 Å². The number of fused-ring (bicyclic) bond motifs is 3. The first-order valence-electron chi connectivity index (χ1n) is 13.9. The second-order valence-corrected chi connectivity index (χ2v) is 10.5. The minimum absolute atomic E-state index is 0.130. The van der Waals surface area contributed by atoms with Gasteiger partial charge in [0.15, 0.2) is 34.5 Å². The lowest BCUT2D eigenvalue weighted by Crippen LogP contribution is -2.40. The highest BCUT2D eigenvalue weighted by atomic mass is 16.7. The summed E-state index contributed by atoms with van der Waals surface area (Å²) < 4.78 is 50.8. The van der Waals surface area contributed by atoms with Gasteiger partial charge in [0.2, 0.25) is 18.3 Å². The Morgan fingerprint density at radius 2 is 1.23 bits per heavy atom. The van der Waals surface area contributed by atoms with Crippen LogP contribution in [0, 0.1) is 11.8 Å². The van der Waals surface area contributed by atoms with Crippen LogP contribution in [-0.2, 0) is 16.1 Å². The Bertz CT molecular complexity index is 1490. The second kappa shape index (κ2) is 11.6. The summed E-state index contributed by atoms with van der Waals surface area (Å²) in [5.74, 6) is 3.14. The highest BCUT2D eigenvalue weighted by Crippen LogP contribution is 2.55. The van der Waals surface area contributed by atoms with Crippen LogP contribution in [0.4, 0.5) is 0 Å². The quantitative estimate of drug-likeness (QED) is 0.341. The number of ether oxygens (including phenoxy) is 9. The van der Waals surface area contributed by atoms with Crippen molar-refractivity contribution >= 4 is 5.97 Å². The van der Waals surface area contributed by atoms with Crippen LogP contribution < -0.4 is 43.2 Å². The highest BCUT2D eigenvalue weighted by molar-refractivity contribution is 5.79. The summed E-state index contributed by atoms with van der Waals surface area (Å²) in [6.07, 6.45) is 0. The molecule has 228 valence electrons. The maximum atomic E-state index is 13.5. The van der Waals surface area contributed by atoms with Crippen molar-refractivity contribution in [3.05, 3.63) is 58.7 Å². The van der Waals surface area contributed by atoms with Crippen molar-refractivity contribution in [1.29, 1.82) is 0 Å². The normalized spacial score (nSPS) is 21.4. The molecule has 1 unspecified atom stereocenters. The molecule has 0 aromatic heterocycles. The molecule has 1 aliphatic carbocycles. The molecule has 11 heteroatoms. The van der Waals surface area contributed by atoms with E-state index in [0.717, 1.165) is 22.3 Å². The van der Waals surface area contributed by atoms with Gasteiger partial charge in [0.1, 0.15) is 0 Å². The number of hydrogen-bond acceptors (Lipinski definition) is 11. The Morgan fingerprint density at radius 1 is 0.698 bits per heavy atom. The summed E-state index contributed by atoms with van der Waals surface area (Å²) in [6.45, 7) is 0.859. The third kappa shape index (κ3) is 4.77. The van der Waals surface area contributed by atoms with Crippen LogP contribution in [0.3, 0.4) is 0 Å². The molecular formula is C32H35NO10. The first-order chi connectivity index (χ1) is 21.0. The summed E-state index contributed by atoms with van der Waals surface area (Å²) in [4.78, 5) is 13.5. The first kappa shape index (κ1) is 28.6. The minimum Gasteiger partial charge on any atom is -0.493 e. The zero-order valence-electron chi connectivity index (χ0n) is 25.0. The summed E-state index contributed by atoms with van der Waals surface area (Å²) in [6, 6.07) is 11.3. The average molecular weight is 594 g/mol. The molecule has 6 rings (SSSR count). The van der Waals surface area contributed by atoms with Gasteiger partial charge in [-0.1, -0.05) is 0 Å². The number of rotatable bonds is 10. The smallest absolute Gasteiger partial charge is 0.310 e. The molecule has 0 saturated carbocycles. The lowest BCUT2D eigenvalue weighted by atomic mass is 9.65. The molecule has 0 radical (unpaired) electrons. The molecule has 1 N–H and O–H groups in total. The van der Waals surface area contributed by atoms with Gasteiger partial charge in [0.25, 0.3) is 0 Å². The largest absolute Gasteiger partial charge is 0.493 e. The predicted molar refractivity (Wildman–Crippen MR) is 154 cm³/mol. The van der Waals surface area contributed by atoms with Gasteiger partial charge < -0.3 is 47.9 Å². The van der Waals surface area contributed by atoms with Crippen LogP contribution in [0.15, 0.2) is 36.4 Å². The maximum absolute atomic E-state index is 13.5. The Hall–Kier alpha value is -4.51. The fourth-order valence-corrected chi connectivity index (χ4v) is 6.57. The van der Waals surface area contributed by atoms with Crippen molar-refractivity contribution in [3.8, 4) is 46.0 Å². The number of benzene rings is 3. The van der Waals surface area contributed by atoms with E-state index in [2.05, 4.69) is 5.32 Å². The van der Waals surface area contributed by atoms with Gasteiger partial charge in [-0.15, -0.1) is 0 Å². The third-order valence-electron chi connectivity index (χ3n) is 8.48. The van der Waals surface area contributed by atoms with Gasteiger partial charge in [-0.25, -0.2) is 0 Å². The number of cyclic esters (lactones) is 1. The Labute approximate surface area is 249 Å². The topological polar surface area (TPSA) is 112 Å². The molecule has 0 spiro atoms. The van der Waals surface area contributed by atoms with E-state index in [9.17, 15) is 4.79 Å². The van der Waals surface area contributed by atoms with E-state index in [1.165, 1.54) is 0 Å². The number of carbonyl (C=O) groups excluding carboxylic acids is 1. The van der Waals surface area contributed by atoms with Crippen molar-refractivity contribution in [1.82, 2.24) is 5.32 Å². The summed E-state index contributed by atoms with van der Waals surface area (Å²) in [5.41, 5.74) is 3.69. The lowest BCUT2D eigenvalue weighted by molar-refractivity contribution is -0.141. The summed E-state index contributed by atoms with van der Waals surface area (Å²) >= 11 is 0. The van der Waals surface area contributed by atoms with E-state index in [1.54, 1.807) is 42.7 Å². The minimum atomic E-state index is -0.479. The summed E-state index contributed by atoms with van der Waals surface area (Å²) in [5, 5.41) is 3.70. The van der Waals surface area contributed by atoms with E-state index in [0.29, 0.717) is 52.5 Å². The SMILES string of the molecule is COc1cc(CN[C@H]2c3cc4c(cc3[C@@H](c3cc(OC)c(OC)c(OC)c3)[C@H]3C(=O)OCC23)OCO4)cc(OC)c1OC. The molecule has 0 bridgehead atoms. The van der Waals surface area contributed by atoms with E-state index < -0.39 is 5.92 Å².